The average Bonchev–Trinajstić information content (AvgIpc) is 2.64. The Hall–Kier alpha value is -2.24. The predicted octanol–water partition coefficient (Wildman–Crippen LogP) is 3.86. The van der Waals surface area contributed by atoms with Gasteiger partial charge < -0.3 is 20.1 Å². The number of nitrogens with one attached hydrogen (secondary N) is 2. The number of para-hydroxylation sites is 1. The lowest BCUT2D eigenvalue weighted by atomic mass is 10.2. The first kappa shape index (κ1) is 23.8. The zero-order chi connectivity index (χ0) is 19.7. The topological polar surface area (TPSA) is 67.8 Å². The molecular formula is C18H22F3IN4O2. The zero-order valence-electron chi connectivity index (χ0n) is 15.4. The van der Waals surface area contributed by atoms with Crippen LogP contribution in [0.2, 0.25) is 0 Å². The molecule has 0 amide bonds. The van der Waals surface area contributed by atoms with Gasteiger partial charge in [0.25, 0.3) is 0 Å². The molecule has 6 nitrogen and oxygen atoms in total. The van der Waals surface area contributed by atoms with Crippen LogP contribution in [0.15, 0.2) is 47.6 Å². The van der Waals surface area contributed by atoms with Crippen molar-refractivity contribution < 1.29 is 22.6 Å². The van der Waals surface area contributed by atoms with E-state index in [-0.39, 0.29) is 36.3 Å². The van der Waals surface area contributed by atoms with Crippen LogP contribution in [0.5, 0.6) is 11.6 Å². The Labute approximate surface area is 178 Å². The van der Waals surface area contributed by atoms with Gasteiger partial charge in [0.1, 0.15) is 5.75 Å². The second-order valence-corrected chi connectivity index (χ2v) is 5.41. The first-order valence-corrected chi connectivity index (χ1v) is 8.26. The van der Waals surface area contributed by atoms with E-state index < -0.39 is 6.36 Å². The van der Waals surface area contributed by atoms with Crippen molar-refractivity contribution >= 4 is 29.9 Å². The number of halogens is 4. The molecule has 0 spiro atoms. The van der Waals surface area contributed by atoms with Crippen molar-refractivity contribution in [2.75, 3.05) is 13.7 Å². The van der Waals surface area contributed by atoms with Crippen molar-refractivity contribution in [1.82, 2.24) is 15.6 Å². The number of methoxy groups -OCH3 is 1. The zero-order valence-corrected chi connectivity index (χ0v) is 17.7. The van der Waals surface area contributed by atoms with Gasteiger partial charge in [-0.3, -0.25) is 0 Å². The summed E-state index contributed by atoms with van der Waals surface area (Å²) in [6.45, 7) is 2.98. The summed E-state index contributed by atoms with van der Waals surface area (Å²) in [5.41, 5.74) is 1.26. The summed E-state index contributed by atoms with van der Waals surface area (Å²) in [5, 5.41) is 6.06. The molecule has 0 aliphatic rings. The number of ether oxygens (including phenoxy) is 2. The van der Waals surface area contributed by atoms with E-state index in [4.69, 9.17) is 4.74 Å². The smallest absolute Gasteiger partial charge is 0.481 e. The molecule has 28 heavy (non-hydrogen) atoms. The number of hydrogen-bond acceptors (Lipinski definition) is 4. The third-order valence-electron chi connectivity index (χ3n) is 3.42. The van der Waals surface area contributed by atoms with Crippen molar-refractivity contribution in [2.45, 2.75) is 26.4 Å². The van der Waals surface area contributed by atoms with Crippen molar-refractivity contribution in [1.29, 1.82) is 0 Å². The highest BCUT2D eigenvalue weighted by atomic mass is 127. The molecule has 0 saturated heterocycles. The number of pyridine rings is 1. The second kappa shape index (κ2) is 11.6. The maximum Gasteiger partial charge on any atom is 0.573 e. The number of hydrogen-bond donors (Lipinski definition) is 2. The van der Waals surface area contributed by atoms with Crippen LogP contribution >= 0.6 is 24.0 Å². The summed E-state index contributed by atoms with van der Waals surface area (Å²) in [4.78, 5) is 8.45. The van der Waals surface area contributed by atoms with Gasteiger partial charge in [-0.15, -0.1) is 37.1 Å². The highest BCUT2D eigenvalue weighted by molar-refractivity contribution is 14.0. The molecular weight excluding hydrogens is 488 g/mol. The largest absolute Gasteiger partial charge is 0.573 e. The molecule has 0 aliphatic heterocycles. The monoisotopic (exact) mass is 510 g/mol. The Bertz CT molecular complexity index is 772. The van der Waals surface area contributed by atoms with E-state index in [0.29, 0.717) is 30.5 Å². The summed E-state index contributed by atoms with van der Waals surface area (Å²) in [6, 6.07) is 9.54. The lowest BCUT2D eigenvalue weighted by Crippen LogP contribution is -2.37. The van der Waals surface area contributed by atoms with Crippen LogP contribution in [0.1, 0.15) is 18.1 Å². The van der Waals surface area contributed by atoms with Gasteiger partial charge in [-0.1, -0.05) is 18.2 Å². The van der Waals surface area contributed by atoms with Crippen LogP contribution in [-0.4, -0.2) is 31.0 Å². The highest BCUT2D eigenvalue weighted by Crippen LogP contribution is 2.26. The number of benzene rings is 1. The minimum atomic E-state index is -4.74. The van der Waals surface area contributed by atoms with E-state index in [1.807, 2.05) is 13.0 Å². The lowest BCUT2D eigenvalue weighted by molar-refractivity contribution is -0.274. The molecule has 0 saturated carbocycles. The predicted molar refractivity (Wildman–Crippen MR) is 111 cm³/mol. The number of alkyl halides is 3. The molecule has 2 N–H and O–H groups in total. The summed E-state index contributed by atoms with van der Waals surface area (Å²) >= 11 is 0. The Balaban J connectivity index is 0.00000392. The van der Waals surface area contributed by atoms with Gasteiger partial charge in [0.05, 0.1) is 13.7 Å². The SMILES string of the molecule is CCNC(=NCc1ccnc(OC)c1)NCc1ccccc1OC(F)(F)F.I. The quantitative estimate of drug-likeness (QED) is 0.337. The van der Waals surface area contributed by atoms with E-state index in [1.165, 1.54) is 19.2 Å². The van der Waals surface area contributed by atoms with Gasteiger partial charge in [-0.25, -0.2) is 9.98 Å². The van der Waals surface area contributed by atoms with Crippen LogP contribution in [0.4, 0.5) is 13.2 Å². The lowest BCUT2D eigenvalue weighted by Gasteiger charge is -2.15. The molecule has 0 unspecified atom stereocenters. The molecule has 1 aromatic heterocycles. The van der Waals surface area contributed by atoms with E-state index in [2.05, 4.69) is 25.3 Å². The fraction of sp³-hybridized carbons (Fsp3) is 0.333. The molecule has 0 radical (unpaired) electrons. The maximum absolute atomic E-state index is 12.5. The summed E-state index contributed by atoms with van der Waals surface area (Å²) in [7, 11) is 1.53. The molecule has 1 heterocycles. The van der Waals surface area contributed by atoms with Crippen LogP contribution in [0, 0.1) is 0 Å². The van der Waals surface area contributed by atoms with Crippen molar-refractivity contribution in [3.8, 4) is 11.6 Å². The summed E-state index contributed by atoms with van der Waals surface area (Å²) in [6.07, 6.45) is -3.12. The van der Waals surface area contributed by atoms with Crippen LogP contribution < -0.4 is 20.1 Å². The number of rotatable bonds is 7. The van der Waals surface area contributed by atoms with Gasteiger partial charge in [-0.2, -0.15) is 0 Å². The molecule has 2 aromatic rings. The van der Waals surface area contributed by atoms with Crippen LogP contribution in [0.3, 0.4) is 0 Å². The Kier molecular flexibility index (Phi) is 9.83. The van der Waals surface area contributed by atoms with Crippen molar-refractivity contribution in [2.24, 2.45) is 4.99 Å². The Morgan fingerprint density at radius 2 is 1.93 bits per heavy atom. The minimum absolute atomic E-state index is 0. The van der Waals surface area contributed by atoms with E-state index in [1.54, 1.807) is 24.4 Å². The van der Waals surface area contributed by atoms with Gasteiger partial charge in [-0.05, 0) is 24.6 Å². The molecule has 1 aromatic carbocycles. The first-order valence-electron chi connectivity index (χ1n) is 8.26. The van der Waals surface area contributed by atoms with E-state index in [9.17, 15) is 13.2 Å². The van der Waals surface area contributed by atoms with E-state index >= 15 is 0 Å². The Morgan fingerprint density at radius 3 is 2.61 bits per heavy atom. The number of aliphatic imine (C=N–C) groups is 1. The molecule has 0 aliphatic carbocycles. The van der Waals surface area contributed by atoms with Crippen molar-refractivity contribution in [3.63, 3.8) is 0 Å². The average molecular weight is 510 g/mol. The normalized spacial score (nSPS) is 11.4. The van der Waals surface area contributed by atoms with Crippen LogP contribution in [0.25, 0.3) is 0 Å². The van der Waals surface area contributed by atoms with Gasteiger partial charge in [0.15, 0.2) is 5.96 Å². The van der Waals surface area contributed by atoms with Gasteiger partial charge >= 0.3 is 6.36 Å². The fourth-order valence-electron chi connectivity index (χ4n) is 2.23. The number of aromatic nitrogens is 1. The Morgan fingerprint density at radius 1 is 1.18 bits per heavy atom. The first-order chi connectivity index (χ1) is 12.9. The molecule has 154 valence electrons. The van der Waals surface area contributed by atoms with Gasteiger partial charge in [0.2, 0.25) is 5.88 Å². The highest BCUT2D eigenvalue weighted by Gasteiger charge is 2.31. The molecule has 0 fully saturated rings. The van der Waals surface area contributed by atoms with Gasteiger partial charge in [0, 0.05) is 30.9 Å². The molecule has 2 rings (SSSR count). The number of guanidine groups is 1. The summed E-state index contributed by atoms with van der Waals surface area (Å²) in [5.74, 6) is 0.709. The van der Waals surface area contributed by atoms with Crippen molar-refractivity contribution in [3.05, 3.63) is 53.7 Å². The molecule has 0 bridgehead atoms. The molecule has 10 heteroatoms. The van der Waals surface area contributed by atoms with Crippen LogP contribution in [-0.2, 0) is 13.1 Å². The third-order valence-corrected chi connectivity index (χ3v) is 3.42. The second-order valence-electron chi connectivity index (χ2n) is 5.41. The standard InChI is InChI=1S/C18H21F3N4O2.HI/c1-3-22-17(24-11-13-8-9-23-16(10-13)26-2)25-12-14-6-4-5-7-15(14)27-18(19,20)21;/h4-10H,3,11-12H2,1-2H3,(H2,22,24,25);1H. The molecule has 0 atom stereocenters. The summed E-state index contributed by atoms with van der Waals surface area (Å²) < 4.78 is 46.7. The minimum Gasteiger partial charge on any atom is -0.481 e. The van der Waals surface area contributed by atoms with E-state index in [0.717, 1.165) is 5.56 Å². The number of nitrogens with zero attached hydrogens (tertiary/aromatic N) is 2. The third kappa shape index (κ3) is 8.19. The fourth-order valence-corrected chi connectivity index (χ4v) is 2.23. The maximum atomic E-state index is 12.5.